The normalized spacial score (nSPS) is 16.7. The van der Waals surface area contributed by atoms with E-state index in [0.29, 0.717) is 31.4 Å². The van der Waals surface area contributed by atoms with Crippen LogP contribution < -0.4 is 10.1 Å². The zero-order chi connectivity index (χ0) is 19.2. The number of hydrogen-bond acceptors (Lipinski definition) is 6. The molecule has 4 rings (SSSR count). The van der Waals surface area contributed by atoms with Gasteiger partial charge in [-0.2, -0.15) is 5.10 Å². The highest BCUT2D eigenvalue weighted by atomic mass is 32.1. The van der Waals surface area contributed by atoms with Crippen molar-refractivity contribution >= 4 is 17.3 Å². The summed E-state index contributed by atoms with van der Waals surface area (Å²) in [6.45, 7) is 3.08. The smallest absolute Gasteiger partial charge is 0.169 e. The van der Waals surface area contributed by atoms with E-state index in [-0.39, 0.29) is 6.10 Å². The van der Waals surface area contributed by atoms with Gasteiger partial charge in [0.25, 0.3) is 0 Å². The Balaban J connectivity index is 1.25. The van der Waals surface area contributed by atoms with Gasteiger partial charge in [-0.1, -0.05) is 0 Å². The van der Waals surface area contributed by atoms with Crippen molar-refractivity contribution in [3.05, 3.63) is 61.1 Å². The fourth-order valence-electron chi connectivity index (χ4n) is 2.92. The molecule has 1 fully saturated rings. The van der Waals surface area contributed by atoms with Gasteiger partial charge in [0, 0.05) is 13.1 Å². The summed E-state index contributed by atoms with van der Waals surface area (Å²) in [7, 11) is 0. The van der Waals surface area contributed by atoms with Crippen LogP contribution in [0.4, 0.5) is 0 Å². The monoisotopic (exact) mass is 399 g/mol. The van der Waals surface area contributed by atoms with E-state index in [2.05, 4.69) is 20.3 Å². The Morgan fingerprint density at radius 2 is 2.18 bits per heavy atom. The molecule has 1 unspecified atom stereocenters. The van der Waals surface area contributed by atoms with Crippen molar-refractivity contribution in [2.75, 3.05) is 26.3 Å². The first kappa shape index (κ1) is 18.5. The Morgan fingerprint density at radius 3 is 2.93 bits per heavy atom. The molecule has 1 aliphatic heterocycles. The Hall–Kier alpha value is -2.91. The van der Waals surface area contributed by atoms with Crippen LogP contribution in [0.3, 0.4) is 0 Å². The first-order valence-electron chi connectivity index (χ1n) is 9.02. The van der Waals surface area contributed by atoms with Gasteiger partial charge in [0.1, 0.15) is 36.9 Å². The molecule has 1 aromatic carbocycles. The molecule has 1 saturated heterocycles. The average Bonchev–Trinajstić information content (AvgIpc) is 3.45. The van der Waals surface area contributed by atoms with Crippen LogP contribution in [-0.2, 0) is 11.3 Å². The highest BCUT2D eigenvalue weighted by Crippen LogP contribution is 2.16. The van der Waals surface area contributed by atoms with E-state index in [0.717, 1.165) is 23.7 Å². The highest BCUT2D eigenvalue weighted by molar-refractivity contribution is 7.80. The standard InChI is InChI=1S/C19H21N5O3S/c28-19(21-10-17-2-1-8-25-17)23-7-9-26-18(11-23)12-27-16-5-3-15(4-6-16)24-14-20-13-22-24/h1-6,8,13-14,18H,7,9-12H2,(H,21,28). The lowest BCUT2D eigenvalue weighted by Crippen LogP contribution is -2.50. The highest BCUT2D eigenvalue weighted by Gasteiger charge is 2.23. The second-order valence-corrected chi connectivity index (χ2v) is 6.71. The zero-order valence-corrected chi connectivity index (χ0v) is 16.0. The summed E-state index contributed by atoms with van der Waals surface area (Å²) in [5, 5.41) is 8.03. The SMILES string of the molecule is S=C(NCc1ccco1)N1CCOC(COc2ccc(-n3cncn3)cc2)C1. The molecule has 3 aromatic rings. The van der Waals surface area contributed by atoms with E-state index in [4.69, 9.17) is 26.1 Å². The maximum atomic E-state index is 5.89. The van der Waals surface area contributed by atoms with Crippen LogP contribution in [0.2, 0.25) is 0 Å². The topological polar surface area (TPSA) is 77.6 Å². The average molecular weight is 399 g/mol. The molecule has 1 atom stereocenters. The van der Waals surface area contributed by atoms with Gasteiger partial charge in [-0.05, 0) is 48.6 Å². The van der Waals surface area contributed by atoms with Gasteiger partial charge >= 0.3 is 0 Å². The second-order valence-electron chi connectivity index (χ2n) is 6.32. The lowest BCUT2D eigenvalue weighted by atomic mass is 10.3. The van der Waals surface area contributed by atoms with Gasteiger partial charge in [-0.15, -0.1) is 0 Å². The van der Waals surface area contributed by atoms with Gasteiger partial charge in [-0.25, -0.2) is 9.67 Å². The zero-order valence-electron chi connectivity index (χ0n) is 15.2. The Bertz CT molecular complexity index is 868. The lowest BCUT2D eigenvalue weighted by Gasteiger charge is -2.34. The number of morpholine rings is 1. The minimum Gasteiger partial charge on any atom is -0.491 e. The fraction of sp³-hybridized carbons (Fsp3) is 0.316. The molecule has 0 amide bonds. The Morgan fingerprint density at radius 1 is 1.29 bits per heavy atom. The number of ether oxygens (including phenoxy) is 2. The summed E-state index contributed by atoms with van der Waals surface area (Å²) in [5.74, 6) is 1.63. The molecule has 0 saturated carbocycles. The molecule has 146 valence electrons. The third-order valence-electron chi connectivity index (χ3n) is 4.38. The summed E-state index contributed by atoms with van der Waals surface area (Å²) in [6.07, 6.45) is 4.76. The summed E-state index contributed by atoms with van der Waals surface area (Å²) in [6, 6.07) is 11.5. The van der Waals surface area contributed by atoms with Crippen LogP contribution in [-0.4, -0.2) is 57.2 Å². The van der Waals surface area contributed by atoms with Crippen LogP contribution in [0.25, 0.3) is 5.69 Å². The fourth-order valence-corrected chi connectivity index (χ4v) is 3.16. The third kappa shape index (κ3) is 4.68. The van der Waals surface area contributed by atoms with E-state index >= 15 is 0 Å². The predicted octanol–water partition coefficient (Wildman–Crippen LogP) is 2.01. The van der Waals surface area contributed by atoms with Crippen LogP contribution >= 0.6 is 12.2 Å². The summed E-state index contributed by atoms with van der Waals surface area (Å²) in [5.41, 5.74) is 0.929. The van der Waals surface area contributed by atoms with Gasteiger partial charge in [0.15, 0.2) is 5.11 Å². The lowest BCUT2D eigenvalue weighted by molar-refractivity contribution is -0.0288. The van der Waals surface area contributed by atoms with Crippen LogP contribution in [0.1, 0.15) is 5.76 Å². The van der Waals surface area contributed by atoms with E-state index in [1.54, 1.807) is 17.3 Å². The van der Waals surface area contributed by atoms with Crippen LogP contribution in [0.15, 0.2) is 59.7 Å². The van der Waals surface area contributed by atoms with Crippen molar-refractivity contribution in [2.24, 2.45) is 0 Å². The molecule has 0 radical (unpaired) electrons. The predicted molar refractivity (Wildman–Crippen MR) is 106 cm³/mol. The number of nitrogens with one attached hydrogen (secondary N) is 1. The van der Waals surface area contributed by atoms with Crippen LogP contribution in [0.5, 0.6) is 5.75 Å². The quantitative estimate of drug-likeness (QED) is 0.631. The number of rotatable bonds is 6. The Kier molecular flexibility index (Phi) is 5.83. The maximum absolute atomic E-state index is 5.89. The first-order valence-corrected chi connectivity index (χ1v) is 9.43. The van der Waals surface area contributed by atoms with Crippen molar-refractivity contribution in [2.45, 2.75) is 12.6 Å². The number of thiocarbonyl (C=S) groups is 1. The van der Waals surface area contributed by atoms with E-state index in [1.807, 2.05) is 36.4 Å². The van der Waals surface area contributed by atoms with Crippen molar-refractivity contribution < 1.29 is 13.9 Å². The number of benzene rings is 1. The second kappa shape index (κ2) is 8.85. The van der Waals surface area contributed by atoms with Crippen molar-refractivity contribution in [3.8, 4) is 11.4 Å². The molecule has 1 aliphatic rings. The third-order valence-corrected chi connectivity index (χ3v) is 4.78. The molecule has 3 heterocycles. The number of hydrogen-bond donors (Lipinski definition) is 1. The summed E-state index contributed by atoms with van der Waals surface area (Å²) < 4.78 is 18.7. The molecule has 28 heavy (non-hydrogen) atoms. The summed E-state index contributed by atoms with van der Waals surface area (Å²) in [4.78, 5) is 6.05. The molecule has 9 heteroatoms. The molecule has 0 bridgehead atoms. The molecule has 8 nitrogen and oxygen atoms in total. The van der Waals surface area contributed by atoms with Gasteiger partial charge in [-0.3, -0.25) is 0 Å². The van der Waals surface area contributed by atoms with Crippen molar-refractivity contribution in [1.29, 1.82) is 0 Å². The molecular formula is C19H21N5O3S. The summed E-state index contributed by atoms with van der Waals surface area (Å²) >= 11 is 5.49. The Labute approximate surface area is 168 Å². The van der Waals surface area contributed by atoms with Crippen LogP contribution in [0, 0.1) is 0 Å². The van der Waals surface area contributed by atoms with E-state index in [1.165, 1.54) is 6.33 Å². The largest absolute Gasteiger partial charge is 0.491 e. The van der Waals surface area contributed by atoms with Gasteiger partial charge < -0.3 is 24.1 Å². The maximum Gasteiger partial charge on any atom is 0.169 e. The van der Waals surface area contributed by atoms with Crippen molar-refractivity contribution in [1.82, 2.24) is 25.0 Å². The molecule has 2 aromatic heterocycles. The number of nitrogens with zero attached hydrogens (tertiary/aromatic N) is 4. The molecular weight excluding hydrogens is 378 g/mol. The van der Waals surface area contributed by atoms with Gasteiger partial charge in [0.2, 0.25) is 0 Å². The molecule has 1 N–H and O–H groups in total. The van der Waals surface area contributed by atoms with Crippen molar-refractivity contribution in [3.63, 3.8) is 0 Å². The van der Waals surface area contributed by atoms with E-state index in [9.17, 15) is 0 Å². The first-order chi connectivity index (χ1) is 13.8. The molecule has 0 spiro atoms. The molecule has 0 aliphatic carbocycles. The number of aromatic nitrogens is 3. The number of furan rings is 1. The minimum absolute atomic E-state index is 0.0490. The minimum atomic E-state index is -0.0490. The van der Waals surface area contributed by atoms with Gasteiger partial charge in [0.05, 0.1) is 25.1 Å². The van der Waals surface area contributed by atoms with E-state index < -0.39 is 0 Å².